The van der Waals surface area contributed by atoms with Gasteiger partial charge in [-0.05, 0) is 43.5 Å². The van der Waals surface area contributed by atoms with Gasteiger partial charge in [-0.15, -0.1) is 0 Å². The zero-order valence-electron chi connectivity index (χ0n) is 12.1. The number of nitrogens with two attached hydrogens (primary N) is 1. The van der Waals surface area contributed by atoms with Crippen LogP contribution in [0.4, 0.5) is 11.5 Å². The van der Waals surface area contributed by atoms with Gasteiger partial charge in [0.15, 0.2) is 0 Å². The minimum absolute atomic E-state index is 0.464. The number of nitrogens with zero attached hydrogens (tertiary/aromatic N) is 3. The van der Waals surface area contributed by atoms with Gasteiger partial charge in [0.25, 0.3) is 0 Å². The molecule has 1 saturated carbocycles. The summed E-state index contributed by atoms with van der Waals surface area (Å²) in [5, 5.41) is 9.34. The monoisotopic (exact) mass is 278 g/mol. The van der Waals surface area contributed by atoms with Crippen molar-refractivity contribution in [1.29, 1.82) is 5.26 Å². The number of hydrogen-bond donors (Lipinski definition) is 1. The van der Waals surface area contributed by atoms with Gasteiger partial charge in [-0.3, -0.25) is 0 Å². The van der Waals surface area contributed by atoms with Gasteiger partial charge in [0.05, 0.1) is 5.56 Å². The SMILES string of the molecule is Cc1ccc(C#N)c(N(Cc2ccccc2N)C2CC2)n1. The average molecular weight is 278 g/mol. The Balaban J connectivity index is 1.98. The van der Waals surface area contributed by atoms with Crippen LogP contribution in [0.25, 0.3) is 0 Å². The van der Waals surface area contributed by atoms with Gasteiger partial charge >= 0.3 is 0 Å². The number of para-hydroxylation sites is 1. The van der Waals surface area contributed by atoms with Gasteiger partial charge in [0.1, 0.15) is 11.9 Å². The molecule has 1 fully saturated rings. The lowest BCUT2D eigenvalue weighted by Gasteiger charge is -2.25. The van der Waals surface area contributed by atoms with Crippen molar-refractivity contribution in [2.24, 2.45) is 0 Å². The standard InChI is InChI=1S/C17H18N4/c1-12-6-7-13(10-18)17(20-12)21(15-8-9-15)11-14-4-2-3-5-16(14)19/h2-7,15H,8-9,11,19H2,1H3. The normalized spacial score (nSPS) is 13.7. The number of pyridine rings is 1. The summed E-state index contributed by atoms with van der Waals surface area (Å²) in [5.74, 6) is 0.781. The van der Waals surface area contributed by atoms with Crippen LogP contribution in [0.1, 0.15) is 29.7 Å². The lowest BCUT2D eigenvalue weighted by atomic mass is 10.1. The molecule has 0 spiro atoms. The van der Waals surface area contributed by atoms with Crippen molar-refractivity contribution in [3.63, 3.8) is 0 Å². The topological polar surface area (TPSA) is 65.9 Å². The molecule has 0 radical (unpaired) electrons. The molecule has 4 heteroatoms. The minimum Gasteiger partial charge on any atom is -0.398 e. The summed E-state index contributed by atoms with van der Waals surface area (Å²) < 4.78 is 0. The molecule has 1 aliphatic carbocycles. The van der Waals surface area contributed by atoms with Gasteiger partial charge in [-0.25, -0.2) is 4.98 Å². The Hall–Kier alpha value is -2.54. The van der Waals surface area contributed by atoms with Gasteiger partial charge in [0, 0.05) is 24.0 Å². The van der Waals surface area contributed by atoms with E-state index in [1.54, 1.807) is 0 Å². The molecule has 0 aliphatic heterocycles. The van der Waals surface area contributed by atoms with E-state index < -0.39 is 0 Å². The van der Waals surface area contributed by atoms with Crippen LogP contribution in [0.15, 0.2) is 36.4 Å². The summed E-state index contributed by atoms with van der Waals surface area (Å²) in [4.78, 5) is 6.81. The van der Waals surface area contributed by atoms with Gasteiger partial charge in [-0.1, -0.05) is 18.2 Å². The third-order valence-corrected chi connectivity index (χ3v) is 3.79. The maximum absolute atomic E-state index is 9.34. The maximum atomic E-state index is 9.34. The molecule has 1 aromatic carbocycles. The van der Waals surface area contributed by atoms with Crippen LogP contribution >= 0.6 is 0 Å². The lowest BCUT2D eigenvalue weighted by molar-refractivity contribution is 0.775. The highest BCUT2D eigenvalue weighted by Gasteiger charge is 2.31. The van der Waals surface area contributed by atoms with E-state index in [9.17, 15) is 5.26 Å². The number of nitrogen functional groups attached to an aromatic ring is 1. The number of benzene rings is 1. The van der Waals surface area contributed by atoms with Crippen molar-refractivity contribution in [3.05, 3.63) is 53.2 Å². The highest BCUT2D eigenvalue weighted by atomic mass is 15.2. The van der Waals surface area contributed by atoms with Crippen LogP contribution in [0.2, 0.25) is 0 Å². The zero-order chi connectivity index (χ0) is 14.8. The van der Waals surface area contributed by atoms with Crippen molar-refractivity contribution in [3.8, 4) is 6.07 Å². The van der Waals surface area contributed by atoms with E-state index in [0.717, 1.165) is 35.6 Å². The Morgan fingerprint density at radius 3 is 2.71 bits per heavy atom. The molecular formula is C17H18N4. The van der Waals surface area contributed by atoms with Crippen LogP contribution in [-0.2, 0) is 6.54 Å². The maximum Gasteiger partial charge on any atom is 0.147 e. The first-order valence-electron chi connectivity index (χ1n) is 7.17. The predicted molar refractivity (Wildman–Crippen MR) is 83.7 cm³/mol. The number of nitriles is 1. The second-order valence-corrected chi connectivity index (χ2v) is 5.49. The van der Waals surface area contributed by atoms with Gasteiger partial charge < -0.3 is 10.6 Å². The fraction of sp³-hybridized carbons (Fsp3) is 0.294. The molecule has 1 heterocycles. The van der Waals surface area contributed by atoms with E-state index in [-0.39, 0.29) is 0 Å². The molecule has 4 nitrogen and oxygen atoms in total. The van der Waals surface area contributed by atoms with Crippen molar-refractivity contribution < 1.29 is 0 Å². The van der Waals surface area contributed by atoms with Crippen LogP contribution in [-0.4, -0.2) is 11.0 Å². The molecule has 0 bridgehead atoms. The van der Waals surface area contributed by atoms with Gasteiger partial charge in [-0.2, -0.15) is 5.26 Å². The predicted octanol–water partition coefficient (Wildman–Crippen LogP) is 3.01. The molecule has 3 rings (SSSR count). The number of aromatic nitrogens is 1. The molecule has 21 heavy (non-hydrogen) atoms. The third-order valence-electron chi connectivity index (χ3n) is 3.79. The van der Waals surface area contributed by atoms with Crippen molar-refractivity contribution >= 4 is 11.5 Å². The highest BCUT2D eigenvalue weighted by Crippen LogP contribution is 2.34. The molecule has 1 aliphatic rings. The van der Waals surface area contributed by atoms with Gasteiger partial charge in [0.2, 0.25) is 0 Å². The van der Waals surface area contributed by atoms with Crippen LogP contribution in [0, 0.1) is 18.3 Å². The summed E-state index contributed by atoms with van der Waals surface area (Å²) in [5.41, 5.74) is 9.48. The molecule has 0 atom stereocenters. The van der Waals surface area contributed by atoms with Crippen molar-refractivity contribution in [2.75, 3.05) is 10.6 Å². The van der Waals surface area contributed by atoms with E-state index in [1.165, 1.54) is 0 Å². The summed E-state index contributed by atoms with van der Waals surface area (Å²) >= 11 is 0. The minimum atomic E-state index is 0.464. The van der Waals surface area contributed by atoms with Crippen LogP contribution < -0.4 is 10.6 Å². The fourth-order valence-electron chi connectivity index (χ4n) is 2.47. The summed E-state index contributed by atoms with van der Waals surface area (Å²) in [6.07, 6.45) is 2.29. The molecule has 1 aromatic heterocycles. The molecular weight excluding hydrogens is 260 g/mol. The Morgan fingerprint density at radius 1 is 1.29 bits per heavy atom. The second kappa shape index (κ2) is 5.45. The van der Waals surface area contributed by atoms with Crippen LogP contribution in [0.3, 0.4) is 0 Å². The molecule has 2 aromatic rings. The highest BCUT2D eigenvalue weighted by molar-refractivity contribution is 5.58. The summed E-state index contributed by atoms with van der Waals surface area (Å²) in [7, 11) is 0. The molecule has 0 amide bonds. The first-order valence-corrected chi connectivity index (χ1v) is 7.17. The second-order valence-electron chi connectivity index (χ2n) is 5.49. The number of anilines is 2. The molecule has 106 valence electrons. The van der Waals surface area contributed by atoms with E-state index >= 15 is 0 Å². The van der Waals surface area contributed by atoms with E-state index in [4.69, 9.17) is 5.73 Å². The first-order chi connectivity index (χ1) is 10.2. The van der Waals surface area contributed by atoms with Crippen molar-refractivity contribution in [1.82, 2.24) is 4.98 Å². The Kier molecular flexibility index (Phi) is 3.49. The molecule has 2 N–H and O–H groups in total. The Labute approximate surface area is 124 Å². The molecule has 0 unspecified atom stereocenters. The summed E-state index contributed by atoms with van der Waals surface area (Å²) in [6.45, 7) is 2.65. The van der Waals surface area contributed by atoms with Crippen LogP contribution in [0.5, 0.6) is 0 Å². The number of hydrogen-bond acceptors (Lipinski definition) is 4. The third kappa shape index (κ3) is 2.82. The average Bonchev–Trinajstić information content (AvgIpc) is 3.31. The zero-order valence-corrected chi connectivity index (χ0v) is 12.1. The number of aryl methyl sites for hydroxylation is 1. The Morgan fingerprint density at radius 2 is 2.05 bits per heavy atom. The summed E-state index contributed by atoms with van der Waals surface area (Å²) in [6, 6.07) is 14.3. The lowest BCUT2D eigenvalue weighted by Crippen LogP contribution is -2.27. The van der Waals surface area contributed by atoms with E-state index in [1.807, 2.05) is 43.3 Å². The van der Waals surface area contributed by atoms with E-state index in [0.29, 0.717) is 18.2 Å². The largest absolute Gasteiger partial charge is 0.398 e. The fourth-order valence-corrected chi connectivity index (χ4v) is 2.47. The van der Waals surface area contributed by atoms with Crippen molar-refractivity contribution in [2.45, 2.75) is 32.4 Å². The van der Waals surface area contributed by atoms with E-state index in [2.05, 4.69) is 16.0 Å². The smallest absolute Gasteiger partial charge is 0.147 e. The molecule has 0 saturated heterocycles. The Bertz CT molecular complexity index is 698. The number of rotatable bonds is 4. The quantitative estimate of drug-likeness (QED) is 0.873. The first kappa shape index (κ1) is 13.4.